The number of rotatable bonds is 5. The van der Waals surface area contributed by atoms with Gasteiger partial charge in [0.1, 0.15) is 11.5 Å². The molecule has 0 saturated carbocycles. The van der Waals surface area contributed by atoms with Crippen molar-refractivity contribution in [1.29, 1.82) is 0 Å². The van der Waals surface area contributed by atoms with Crippen LogP contribution in [-0.2, 0) is 4.79 Å². The third kappa shape index (κ3) is 3.64. The van der Waals surface area contributed by atoms with E-state index in [1.165, 1.54) is 7.11 Å². The highest BCUT2D eigenvalue weighted by molar-refractivity contribution is 6.06. The van der Waals surface area contributed by atoms with Gasteiger partial charge in [-0.1, -0.05) is 26.0 Å². The Morgan fingerprint density at radius 3 is 2.77 bits per heavy atom. The summed E-state index contributed by atoms with van der Waals surface area (Å²) in [5.74, 6) is 1.11. The molecule has 1 N–H and O–H groups in total. The Labute approximate surface area is 152 Å². The summed E-state index contributed by atoms with van der Waals surface area (Å²) < 4.78 is 10.8. The van der Waals surface area contributed by atoms with Crippen molar-refractivity contribution < 1.29 is 19.1 Å². The van der Waals surface area contributed by atoms with Gasteiger partial charge in [0.2, 0.25) is 0 Å². The van der Waals surface area contributed by atoms with Gasteiger partial charge in [-0.15, -0.1) is 0 Å². The van der Waals surface area contributed by atoms with E-state index in [1.807, 2.05) is 6.07 Å². The summed E-state index contributed by atoms with van der Waals surface area (Å²) in [6.45, 7) is 4.75. The van der Waals surface area contributed by atoms with Gasteiger partial charge in [0, 0.05) is 18.3 Å². The van der Waals surface area contributed by atoms with E-state index in [0.29, 0.717) is 35.2 Å². The monoisotopic (exact) mass is 354 g/mol. The van der Waals surface area contributed by atoms with Gasteiger partial charge in [-0.05, 0) is 30.2 Å². The first-order valence-electron chi connectivity index (χ1n) is 8.51. The number of methoxy groups -OCH3 is 1. The van der Waals surface area contributed by atoms with Gasteiger partial charge < -0.3 is 19.7 Å². The molecule has 136 valence electrons. The quantitative estimate of drug-likeness (QED) is 0.894. The zero-order chi connectivity index (χ0) is 18.7. The van der Waals surface area contributed by atoms with E-state index in [9.17, 15) is 9.59 Å². The van der Waals surface area contributed by atoms with Crippen molar-refractivity contribution in [3.05, 3.63) is 48.0 Å². The molecular formula is C20H22N2O4. The Bertz CT molecular complexity index is 832. The number of anilines is 2. The van der Waals surface area contributed by atoms with E-state index >= 15 is 0 Å². The highest BCUT2D eigenvalue weighted by Gasteiger charge is 2.26. The van der Waals surface area contributed by atoms with Crippen molar-refractivity contribution >= 4 is 23.2 Å². The lowest BCUT2D eigenvalue weighted by atomic mass is 10.1. The van der Waals surface area contributed by atoms with E-state index < -0.39 is 0 Å². The molecule has 3 rings (SSSR count). The lowest BCUT2D eigenvalue weighted by Gasteiger charge is -2.31. The molecule has 0 spiro atoms. The molecule has 0 aliphatic carbocycles. The molecule has 0 bridgehead atoms. The molecule has 0 aromatic heterocycles. The largest absolute Gasteiger partial charge is 0.496 e. The second kappa shape index (κ2) is 7.47. The summed E-state index contributed by atoms with van der Waals surface area (Å²) in [5.41, 5.74) is 1.77. The Balaban J connectivity index is 1.83. The molecule has 2 aromatic carbocycles. The van der Waals surface area contributed by atoms with Crippen molar-refractivity contribution in [3.8, 4) is 11.5 Å². The summed E-state index contributed by atoms with van der Waals surface area (Å²) in [4.78, 5) is 26.4. The molecule has 6 nitrogen and oxygen atoms in total. The molecule has 2 aromatic rings. The van der Waals surface area contributed by atoms with Crippen LogP contribution in [0.2, 0.25) is 0 Å². The van der Waals surface area contributed by atoms with E-state index in [1.54, 1.807) is 41.3 Å². The number of fused-ring (bicyclic) bond motifs is 1. The van der Waals surface area contributed by atoms with Crippen molar-refractivity contribution in [3.63, 3.8) is 0 Å². The lowest BCUT2D eigenvalue weighted by molar-refractivity contribution is -0.121. The highest BCUT2D eigenvalue weighted by atomic mass is 16.5. The normalized spacial score (nSPS) is 13.2. The van der Waals surface area contributed by atoms with Crippen LogP contribution in [0.1, 0.15) is 24.2 Å². The van der Waals surface area contributed by atoms with Gasteiger partial charge in [-0.25, -0.2) is 0 Å². The number of amides is 2. The first kappa shape index (κ1) is 17.8. The maximum atomic E-state index is 12.5. The van der Waals surface area contributed by atoms with E-state index in [2.05, 4.69) is 19.2 Å². The topological polar surface area (TPSA) is 67.9 Å². The standard InChI is InChI=1S/C20H22N2O4/c1-13(2)11-22-16-9-8-14(10-18(16)26-12-19(22)23)21-20(24)15-6-4-5-7-17(15)25-3/h4-10,13H,11-12H2,1-3H3,(H,21,24). The molecule has 0 saturated heterocycles. The molecule has 0 unspecified atom stereocenters. The number of carbonyl (C=O) groups is 2. The lowest BCUT2D eigenvalue weighted by Crippen LogP contribution is -2.40. The fourth-order valence-electron chi connectivity index (χ4n) is 2.88. The number of nitrogens with one attached hydrogen (secondary N) is 1. The number of carbonyl (C=O) groups excluding carboxylic acids is 2. The van der Waals surface area contributed by atoms with E-state index in [-0.39, 0.29) is 18.4 Å². The number of para-hydroxylation sites is 1. The Hall–Kier alpha value is -3.02. The first-order chi connectivity index (χ1) is 12.5. The third-order valence-corrected chi connectivity index (χ3v) is 4.06. The summed E-state index contributed by atoms with van der Waals surface area (Å²) in [7, 11) is 1.53. The SMILES string of the molecule is COc1ccccc1C(=O)Nc1ccc2c(c1)OCC(=O)N2CC(C)C. The van der Waals surface area contributed by atoms with Crippen molar-refractivity contribution in [2.24, 2.45) is 5.92 Å². The predicted molar refractivity (Wildman–Crippen MR) is 100 cm³/mol. The fourth-order valence-corrected chi connectivity index (χ4v) is 2.88. The molecule has 0 radical (unpaired) electrons. The summed E-state index contributed by atoms with van der Waals surface area (Å²) in [6, 6.07) is 12.3. The van der Waals surface area contributed by atoms with Crippen LogP contribution in [0.5, 0.6) is 11.5 Å². The summed E-state index contributed by atoms with van der Waals surface area (Å²) >= 11 is 0. The zero-order valence-electron chi connectivity index (χ0n) is 15.1. The van der Waals surface area contributed by atoms with Gasteiger partial charge >= 0.3 is 0 Å². The van der Waals surface area contributed by atoms with E-state index in [0.717, 1.165) is 5.69 Å². The molecule has 6 heteroatoms. The van der Waals surface area contributed by atoms with Crippen molar-refractivity contribution in [2.45, 2.75) is 13.8 Å². The summed E-state index contributed by atoms with van der Waals surface area (Å²) in [5, 5.41) is 2.85. The second-order valence-electron chi connectivity index (χ2n) is 6.52. The van der Waals surface area contributed by atoms with Gasteiger partial charge in [0.25, 0.3) is 11.8 Å². The maximum absolute atomic E-state index is 12.5. The van der Waals surface area contributed by atoms with Crippen LogP contribution in [0.25, 0.3) is 0 Å². The number of hydrogen-bond donors (Lipinski definition) is 1. The van der Waals surface area contributed by atoms with Gasteiger partial charge in [0.15, 0.2) is 6.61 Å². The van der Waals surface area contributed by atoms with Crippen LogP contribution in [0.4, 0.5) is 11.4 Å². The van der Waals surface area contributed by atoms with Crippen LogP contribution in [-0.4, -0.2) is 32.1 Å². The number of ether oxygens (including phenoxy) is 2. The minimum atomic E-state index is -0.270. The van der Waals surface area contributed by atoms with Crippen LogP contribution >= 0.6 is 0 Å². The zero-order valence-corrected chi connectivity index (χ0v) is 15.1. The molecular weight excluding hydrogens is 332 g/mol. The van der Waals surface area contributed by atoms with Gasteiger partial charge in [-0.2, -0.15) is 0 Å². The fraction of sp³-hybridized carbons (Fsp3) is 0.300. The highest BCUT2D eigenvalue weighted by Crippen LogP contribution is 2.35. The first-order valence-corrected chi connectivity index (χ1v) is 8.51. The minimum absolute atomic E-state index is 0.00360. The third-order valence-electron chi connectivity index (χ3n) is 4.06. The van der Waals surface area contributed by atoms with Gasteiger partial charge in [-0.3, -0.25) is 9.59 Å². The number of nitrogens with zero attached hydrogens (tertiary/aromatic N) is 1. The predicted octanol–water partition coefficient (Wildman–Crippen LogP) is 3.33. The molecule has 1 aliphatic heterocycles. The van der Waals surface area contributed by atoms with Crippen molar-refractivity contribution in [2.75, 3.05) is 30.5 Å². The van der Waals surface area contributed by atoms with E-state index in [4.69, 9.17) is 9.47 Å². The summed E-state index contributed by atoms with van der Waals surface area (Å²) in [6.07, 6.45) is 0. The Morgan fingerprint density at radius 1 is 1.27 bits per heavy atom. The van der Waals surface area contributed by atoms with Crippen LogP contribution in [0.3, 0.4) is 0 Å². The minimum Gasteiger partial charge on any atom is -0.496 e. The second-order valence-corrected chi connectivity index (χ2v) is 6.52. The average molecular weight is 354 g/mol. The Kier molecular flexibility index (Phi) is 5.11. The van der Waals surface area contributed by atoms with Crippen molar-refractivity contribution in [1.82, 2.24) is 0 Å². The number of benzene rings is 2. The molecule has 26 heavy (non-hydrogen) atoms. The van der Waals surface area contributed by atoms with Crippen LogP contribution in [0, 0.1) is 5.92 Å². The van der Waals surface area contributed by atoms with Crippen LogP contribution in [0.15, 0.2) is 42.5 Å². The molecule has 1 aliphatic rings. The van der Waals surface area contributed by atoms with Gasteiger partial charge in [0.05, 0.1) is 18.4 Å². The Morgan fingerprint density at radius 2 is 2.04 bits per heavy atom. The van der Waals surface area contributed by atoms with Crippen LogP contribution < -0.4 is 19.7 Å². The molecule has 0 atom stereocenters. The smallest absolute Gasteiger partial charge is 0.265 e. The number of hydrogen-bond acceptors (Lipinski definition) is 4. The molecule has 0 fully saturated rings. The molecule has 1 heterocycles. The average Bonchev–Trinajstić information content (AvgIpc) is 2.63. The molecule has 2 amide bonds. The maximum Gasteiger partial charge on any atom is 0.265 e.